The summed E-state index contributed by atoms with van der Waals surface area (Å²) in [5.41, 5.74) is 1.33. The Bertz CT molecular complexity index is 563. The van der Waals surface area contributed by atoms with Crippen LogP contribution < -0.4 is 5.32 Å². The van der Waals surface area contributed by atoms with Crippen LogP contribution in [0.15, 0.2) is 28.8 Å². The van der Waals surface area contributed by atoms with Crippen molar-refractivity contribution in [3.63, 3.8) is 0 Å². The molecular weight excluding hydrogens is 262 g/mol. The van der Waals surface area contributed by atoms with Gasteiger partial charge >= 0.3 is 0 Å². The second-order valence-corrected chi connectivity index (χ2v) is 5.47. The summed E-state index contributed by atoms with van der Waals surface area (Å²) in [5.74, 6) is 1.95. The van der Waals surface area contributed by atoms with Crippen LogP contribution >= 0.6 is 11.6 Å². The van der Waals surface area contributed by atoms with Gasteiger partial charge in [0.05, 0.1) is 6.54 Å². The molecule has 100 valence electrons. The summed E-state index contributed by atoms with van der Waals surface area (Å²) in [6.45, 7) is 2.47. The standard InChI is InChI=1S/C14H16ClN3O/c1-9-17-14(19-18-9)8-16-13-6-11(7-13)10-3-2-4-12(15)5-10/h2-5,11,13,16H,6-8H2,1H3. The molecule has 5 heteroatoms. The van der Waals surface area contributed by atoms with Gasteiger partial charge in [-0.3, -0.25) is 0 Å². The molecule has 1 N–H and O–H groups in total. The Hall–Kier alpha value is -1.39. The molecule has 1 aliphatic carbocycles. The highest BCUT2D eigenvalue weighted by atomic mass is 35.5. The highest BCUT2D eigenvalue weighted by Gasteiger charge is 2.30. The summed E-state index contributed by atoms with van der Waals surface area (Å²) < 4.78 is 5.07. The van der Waals surface area contributed by atoms with Crippen LogP contribution in [-0.4, -0.2) is 16.2 Å². The minimum absolute atomic E-state index is 0.524. The van der Waals surface area contributed by atoms with Crippen molar-refractivity contribution in [3.8, 4) is 0 Å². The van der Waals surface area contributed by atoms with Gasteiger partial charge in [0, 0.05) is 11.1 Å². The molecule has 1 aromatic carbocycles. The lowest BCUT2D eigenvalue weighted by Gasteiger charge is -2.36. The van der Waals surface area contributed by atoms with Gasteiger partial charge in [-0.05, 0) is 43.4 Å². The van der Waals surface area contributed by atoms with Crippen LogP contribution in [-0.2, 0) is 6.54 Å². The molecule has 0 saturated heterocycles. The molecule has 4 nitrogen and oxygen atoms in total. The minimum atomic E-state index is 0.524. The third kappa shape index (κ3) is 2.96. The van der Waals surface area contributed by atoms with E-state index in [1.54, 1.807) is 0 Å². The van der Waals surface area contributed by atoms with E-state index in [1.807, 2.05) is 19.1 Å². The van der Waals surface area contributed by atoms with E-state index in [4.69, 9.17) is 16.1 Å². The summed E-state index contributed by atoms with van der Waals surface area (Å²) in [6, 6.07) is 8.66. The molecule has 1 saturated carbocycles. The fraction of sp³-hybridized carbons (Fsp3) is 0.429. The Labute approximate surface area is 117 Å². The fourth-order valence-corrected chi connectivity index (χ4v) is 2.66. The van der Waals surface area contributed by atoms with Crippen molar-refractivity contribution in [2.45, 2.75) is 38.3 Å². The largest absolute Gasteiger partial charge is 0.338 e. The molecule has 0 bridgehead atoms. The lowest BCUT2D eigenvalue weighted by molar-refractivity contribution is 0.271. The molecule has 0 aliphatic heterocycles. The van der Waals surface area contributed by atoms with Crippen molar-refractivity contribution >= 4 is 11.6 Å². The number of hydrogen-bond donors (Lipinski definition) is 1. The third-order valence-corrected chi connectivity index (χ3v) is 3.80. The summed E-state index contributed by atoms with van der Waals surface area (Å²) in [7, 11) is 0. The van der Waals surface area contributed by atoms with E-state index in [0.29, 0.717) is 30.2 Å². The first-order valence-electron chi connectivity index (χ1n) is 6.49. The van der Waals surface area contributed by atoms with Gasteiger partial charge in [-0.25, -0.2) is 0 Å². The number of benzene rings is 1. The van der Waals surface area contributed by atoms with Crippen LogP contribution in [0.25, 0.3) is 0 Å². The zero-order valence-corrected chi connectivity index (χ0v) is 11.5. The monoisotopic (exact) mass is 277 g/mol. The molecule has 2 aromatic rings. The first kappa shape index (κ1) is 12.6. The Balaban J connectivity index is 1.48. The third-order valence-electron chi connectivity index (χ3n) is 3.57. The Morgan fingerprint density at radius 3 is 2.95 bits per heavy atom. The van der Waals surface area contributed by atoms with Crippen LogP contribution in [0, 0.1) is 6.92 Å². The molecule has 3 rings (SSSR count). The molecule has 19 heavy (non-hydrogen) atoms. The van der Waals surface area contributed by atoms with Crippen LogP contribution in [0.1, 0.15) is 36.0 Å². The molecule has 1 fully saturated rings. The van der Waals surface area contributed by atoms with Gasteiger partial charge in [0.15, 0.2) is 5.82 Å². The average Bonchev–Trinajstić information content (AvgIpc) is 2.73. The maximum absolute atomic E-state index is 6.01. The highest BCUT2D eigenvalue weighted by Crippen LogP contribution is 2.37. The first-order valence-corrected chi connectivity index (χ1v) is 6.86. The maximum atomic E-state index is 6.01. The lowest BCUT2D eigenvalue weighted by Crippen LogP contribution is -2.39. The lowest BCUT2D eigenvalue weighted by atomic mass is 9.76. The number of aromatic nitrogens is 2. The average molecular weight is 278 g/mol. The topological polar surface area (TPSA) is 51.0 Å². The summed E-state index contributed by atoms with van der Waals surface area (Å²) >= 11 is 6.01. The van der Waals surface area contributed by atoms with Crippen molar-refractivity contribution in [2.75, 3.05) is 0 Å². The summed E-state index contributed by atoms with van der Waals surface area (Å²) in [5, 5.41) is 8.02. The van der Waals surface area contributed by atoms with Gasteiger partial charge in [0.25, 0.3) is 0 Å². The van der Waals surface area contributed by atoms with Gasteiger partial charge in [-0.1, -0.05) is 28.9 Å². The summed E-state index contributed by atoms with van der Waals surface area (Å²) in [4.78, 5) is 4.17. The van der Waals surface area contributed by atoms with Gasteiger partial charge < -0.3 is 9.84 Å². The Kier molecular flexibility index (Phi) is 3.53. The number of aryl methyl sites for hydroxylation is 1. The van der Waals surface area contributed by atoms with Crippen LogP contribution in [0.2, 0.25) is 5.02 Å². The fourth-order valence-electron chi connectivity index (χ4n) is 2.46. The second kappa shape index (κ2) is 5.31. The predicted octanol–water partition coefficient (Wildman–Crippen LogP) is 3.07. The van der Waals surface area contributed by atoms with Crippen LogP contribution in [0.5, 0.6) is 0 Å². The molecule has 1 heterocycles. The van der Waals surface area contributed by atoms with Gasteiger partial charge in [0.2, 0.25) is 5.89 Å². The van der Waals surface area contributed by atoms with Crippen molar-refractivity contribution in [2.24, 2.45) is 0 Å². The quantitative estimate of drug-likeness (QED) is 0.933. The van der Waals surface area contributed by atoms with Crippen molar-refractivity contribution in [1.82, 2.24) is 15.5 Å². The van der Waals surface area contributed by atoms with Gasteiger partial charge in [0.1, 0.15) is 0 Å². The second-order valence-electron chi connectivity index (χ2n) is 5.04. The SMILES string of the molecule is Cc1noc(CNC2CC(c3cccc(Cl)c3)C2)n1. The minimum Gasteiger partial charge on any atom is -0.338 e. The van der Waals surface area contributed by atoms with E-state index >= 15 is 0 Å². The van der Waals surface area contributed by atoms with E-state index in [0.717, 1.165) is 17.9 Å². The van der Waals surface area contributed by atoms with E-state index in [9.17, 15) is 0 Å². The van der Waals surface area contributed by atoms with E-state index in [-0.39, 0.29) is 0 Å². The highest BCUT2D eigenvalue weighted by molar-refractivity contribution is 6.30. The van der Waals surface area contributed by atoms with Gasteiger partial charge in [-0.2, -0.15) is 4.98 Å². The molecule has 1 aromatic heterocycles. The molecule has 0 atom stereocenters. The van der Waals surface area contributed by atoms with E-state index < -0.39 is 0 Å². The van der Waals surface area contributed by atoms with E-state index in [1.165, 1.54) is 5.56 Å². The maximum Gasteiger partial charge on any atom is 0.240 e. The Morgan fingerprint density at radius 2 is 2.26 bits per heavy atom. The number of nitrogens with zero attached hydrogens (tertiary/aromatic N) is 2. The van der Waals surface area contributed by atoms with Crippen LogP contribution in [0.3, 0.4) is 0 Å². The molecule has 1 aliphatic rings. The summed E-state index contributed by atoms with van der Waals surface area (Å²) in [6.07, 6.45) is 2.26. The molecule has 0 unspecified atom stereocenters. The van der Waals surface area contributed by atoms with Crippen molar-refractivity contribution in [1.29, 1.82) is 0 Å². The predicted molar refractivity (Wildman–Crippen MR) is 73.1 cm³/mol. The molecule has 0 radical (unpaired) electrons. The zero-order valence-electron chi connectivity index (χ0n) is 10.8. The first-order chi connectivity index (χ1) is 9.20. The number of hydrogen-bond acceptors (Lipinski definition) is 4. The zero-order chi connectivity index (χ0) is 13.2. The smallest absolute Gasteiger partial charge is 0.240 e. The number of rotatable bonds is 4. The van der Waals surface area contributed by atoms with Gasteiger partial charge in [-0.15, -0.1) is 0 Å². The number of nitrogens with one attached hydrogen (secondary N) is 1. The van der Waals surface area contributed by atoms with E-state index in [2.05, 4.69) is 27.6 Å². The molecule has 0 amide bonds. The molecule has 0 spiro atoms. The normalized spacial score (nSPS) is 22.2. The van der Waals surface area contributed by atoms with Crippen LogP contribution in [0.4, 0.5) is 0 Å². The number of halogens is 1. The Morgan fingerprint density at radius 1 is 1.42 bits per heavy atom. The van der Waals surface area contributed by atoms with Crippen molar-refractivity contribution in [3.05, 3.63) is 46.6 Å². The van der Waals surface area contributed by atoms with Crippen molar-refractivity contribution < 1.29 is 4.52 Å². The molecular formula is C14H16ClN3O.